The summed E-state index contributed by atoms with van der Waals surface area (Å²) in [6, 6.07) is 9.84. The first kappa shape index (κ1) is 12.1. The van der Waals surface area contributed by atoms with Gasteiger partial charge in [-0.2, -0.15) is 0 Å². The Morgan fingerprint density at radius 1 is 1.24 bits per heavy atom. The molecule has 1 aromatic carbocycles. The fourth-order valence-corrected chi connectivity index (χ4v) is 2.39. The van der Waals surface area contributed by atoms with Crippen molar-refractivity contribution in [1.29, 1.82) is 0 Å². The zero-order valence-electron chi connectivity index (χ0n) is 9.30. The Hall–Kier alpha value is -1.39. The molecule has 2 nitrogen and oxygen atoms in total. The molecule has 1 N–H and O–H groups in total. The van der Waals surface area contributed by atoms with Gasteiger partial charge in [-0.3, -0.25) is 0 Å². The predicted molar refractivity (Wildman–Crippen MR) is 65.4 cm³/mol. The lowest BCUT2D eigenvalue weighted by Gasteiger charge is -2.09. The highest BCUT2D eigenvalue weighted by atomic mass is 32.2. The number of aliphatic hydroxyl groups excluding tert-OH is 1. The molecular formula is C13H12FNOS. The Balaban J connectivity index is 2.26. The molecule has 0 bridgehead atoms. The molecular weight excluding hydrogens is 237 g/mol. The van der Waals surface area contributed by atoms with Crippen molar-refractivity contribution in [2.24, 2.45) is 0 Å². The SMILES string of the molecule is C[C@H](O)c1cccnc1Sc1ccc(F)cc1. The molecule has 0 radical (unpaired) electrons. The highest BCUT2D eigenvalue weighted by molar-refractivity contribution is 7.99. The van der Waals surface area contributed by atoms with Crippen molar-refractivity contribution < 1.29 is 9.50 Å². The van der Waals surface area contributed by atoms with Crippen LogP contribution in [0.1, 0.15) is 18.6 Å². The summed E-state index contributed by atoms with van der Waals surface area (Å²) in [5, 5.41) is 10.4. The molecule has 0 saturated carbocycles. The number of benzene rings is 1. The normalized spacial score (nSPS) is 12.4. The van der Waals surface area contributed by atoms with E-state index in [9.17, 15) is 9.50 Å². The molecule has 2 aromatic rings. The first-order valence-corrected chi connectivity index (χ1v) is 6.05. The van der Waals surface area contributed by atoms with Crippen LogP contribution in [-0.4, -0.2) is 10.1 Å². The lowest BCUT2D eigenvalue weighted by molar-refractivity contribution is 0.195. The Morgan fingerprint density at radius 2 is 1.94 bits per heavy atom. The summed E-state index contributed by atoms with van der Waals surface area (Å²) in [5.74, 6) is -0.258. The minimum atomic E-state index is -0.563. The number of halogens is 1. The predicted octanol–water partition coefficient (Wildman–Crippen LogP) is 3.43. The quantitative estimate of drug-likeness (QED) is 0.904. The molecule has 4 heteroatoms. The molecule has 0 saturated heterocycles. The Kier molecular flexibility index (Phi) is 3.76. The lowest BCUT2D eigenvalue weighted by atomic mass is 10.2. The van der Waals surface area contributed by atoms with Crippen LogP contribution in [0.3, 0.4) is 0 Å². The third kappa shape index (κ3) is 3.05. The maximum atomic E-state index is 12.8. The van der Waals surface area contributed by atoms with Crippen LogP contribution in [-0.2, 0) is 0 Å². The molecule has 1 heterocycles. The Bertz CT molecular complexity index is 499. The summed E-state index contributed by atoms with van der Waals surface area (Å²) in [5.41, 5.74) is 0.779. The van der Waals surface area contributed by atoms with Gasteiger partial charge in [0.2, 0.25) is 0 Å². The van der Waals surface area contributed by atoms with Gasteiger partial charge in [0.1, 0.15) is 10.8 Å². The fraction of sp³-hybridized carbons (Fsp3) is 0.154. The fourth-order valence-electron chi connectivity index (χ4n) is 1.42. The summed E-state index contributed by atoms with van der Waals surface area (Å²) < 4.78 is 12.8. The molecule has 0 amide bonds. The standard InChI is InChI=1S/C13H12FNOS/c1-9(16)12-3-2-8-15-13(12)17-11-6-4-10(14)5-7-11/h2-9,16H,1H3/t9-/m0/s1. The molecule has 0 spiro atoms. The number of nitrogens with zero attached hydrogens (tertiary/aromatic N) is 1. The van der Waals surface area contributed by atoms with E-state index in [4.69, 9.17) is 0 Å². The van der Waals surface area contributed by atoms with E-state index in [2.05, 4.69) is 4.98 Å². The summed E-state index contributed by atoms with van der Waals surface area (Å²) in [4.78, 5) is 5.12. The number of hydrogen-bond acceptors (Lipinski definition) is 3. The van der Waals surface area contributed by atoms with E-state index in [0.29, 0.717) is 0 Å². The van der Waals surface area contributed by atoms with E-state index >= 15 is 0 Å². The van der Waals surface area contributed by atoms with Crippen LogP contribution in [0, 0.1) is 5.82 Å². The van der Waals surface area contributed by atoms with Crippen LogP contribution in [0.5, 0.6) is 0 Å². The minimum absolute atomic E-state index is 0.258. The van der Waals surface area contributed by atoms with Gasteiger partial charge >= 0.3 is 0 Å². The zero-order valence-corrected chi connectivity index (χ0v) is 10.1. The Morgan fingerprint density at radius 3 is 2.59 bits per heavy atom. The number of pyridine rings is 1. The van der Waals surface area contributed by atoms with Gasteiger partial charge in [-0.15, -0.1) is 0 Å². The van der Waals surface area contributed by atoms with Crippen molar-refractivity contribution in [3.63, 3.8) is 0 Å². The summed E-state index contributed by atoms with van der Waals surface area (Å²) in [7, 11) is 0. The summed E-state index contributed by atoms with van der Waals surface area (Å²) >= 11 is 1.41. The van der Waals surface area contributed by atoms with Crippen molar-refractivity contribution in [3.8, 4) is 0 Å². The van der Waals surface area contributed by atoms with Crippen molar-refractivity contribution in [3.05, 3.63) is 54.0 Å². The van der Waals surface area contributed by atoms with Crippen molar-refractivity contribution in [1.82, 2.24) is 4.98 Å². The first-order valence-electron chi connectivity index (χ1n) is 5.23. The average molecular weight is 249 g/mol. The van der Waals surface area contributed by atoms with Gasteiger partial charge < -0.3 is 5.11 Å². The number of aromatic nitrogens is 1. The maximum absolute atomic E-state index is 12.8. The van der Waals surface area contributed by atoms with Crippen molar-refractivity contribution in [2.75, 3.05) is 0 Å². The molecule has 0 fully saturated rings. The van der Waals surface area contributed by atoms with Crippen LogP contribution in [0.15, 0.2) is 52.5 Å². The number of rotatable bonds is 3. The van der Waals surface area contributed by atoms with Crippen LogP contribution in [0.25, 0.3) is 0 Å². The molecule has 0 aliphatic carbocycles. The molecule has 17 heavy (non-hydrogen) atoms. The third-order valence-corrected chi connectivity index (χ3v) is 3.32. The minimum Gasteiger partial charge on any atom is -0.389 e. The van der Waals surface area contributed by atoms with Crippen molar-refractivity contribution in [2.45, 2.75) is 22.9 Å². The number of aliphatic hydroxyl groups is 1. The topological polar surface area (TPSA) is 33.1 Å². The monoisotopic (exact) mass is 249 g/mol. The van der Waals surface area contributed by atoms with E-state index in [1.54, 1.807) is 31.3 Å². The van der Waals surface area contributed by atoms with Crippen LogP contribution >= 0.6 is 11.8 Å². The van der Waals surface area contributed by atoms with E-state index in [1.807, 2.05) is 6.07 Å². The second kappa shape index (κ2) is 5.29. The maximum Gasteiger partial charge on any atom is 0.123 e. The van der Waals surface area contributed by atoms with Gasteiger partial charge in [0.25, 0.3) is 0 Å². The average Bonchev–Trinajstić information content (AvgIpc) is 2.32. The van der Waals surface area contributed by atoms with Crippen LogP contribution in [0.4, 0.5) is 4.39 Å². The second-order valence-electron chi connectivity index (χ2n) is 3.63. The van der Waals surface area contributed by atoms with Crippen LogP contribution in [0.2, 0.25) is 0 Å². The van der Waals surface area contributed by atoms with E-state index in [1.165, 1.54) is 23.9 Å². The summed E-state index contributed by atoms with van der Waals surface area (Å²) in [6.07, 6.45) is 1.12. The lowest BCUT2D eigenvalue weighted by Crippen LogP contribution is -1.95. The summed E-state index contributed by atoms with van der Waals surface area (Å²) in [6.45, 7) is 1.70. The van der Waals surface area contributed by atoms with Crippen LogP contribution < -0.4 is 0 Å². The molecule has 0 unspecified atom stereocenters. The van der Waals surface area contributed by atoms with E-state index in [0.717, 1.165) is 15.5 Å². The molecule has 0 aliphatic rings. The number of hydrogen-bond donors (Lipinski definition) is 1. The molecule has 1 atom stereocenters. The molecule has 1 aromatic heterocycles. The highest BCUT2D eigenvalue weighted by Crippen LogP contribution is 2.31. The first-order chi connectivity index (χ1) is 8.16. The van der Waals surface area contributed by atoms with E-state index in [-0.39, 0.29) is 5.82 Å². The van der Waals surface area contributed by atoms with Gasteiger partial charge in [0.15, 0.2) is 0 Å². The van der Waals surface area contributed by atoms with Gasteiger partial charge in [-0.05, 0) is 37.3 Å². The zero-order chi connectivity index (χ0) is 12.3. The Labute approximate surface area is 104 Å². The van der Waals surface area contributed by atoms with Gasteiger partial charge in [0, 0.05) is 16.7 Å². The van der Waals surface area contributed by atoms with E-state index < -0.39 is 6.10 Å². The third-order valence-electron chi connectivity index (χ3n) is 2.28. The molecule has 0 aliphatic heterocycles. The smallest absolute Gasteiger partial charge is 0.123 e. The largest absolute Gasteiger partial charge is 0.389 e. The van der Waals surface area contributed by atoms with Gasteiger partial charge in [-0.25, -0.2) is 9.37 Å². The van der Waals surface area contributed by atoms with Crippen molar-refractivity contribution >= 4 is 11.8 Å². The van der Waals surface area contributed by atoms with Gasteiger partial charge in [0.05, 0.1) is 6.10 Å². The van der Waals surface area contributed by atoms with Gasteiger partial charge in [-0.1, -0.05) is 17.8 Å². The highest BCUT2D eigenvalue weighted by Gasteiger charge is 2.09. The molecule has 2 rings (SSSR count). The molecule has 88 valence electrons. The second-order valence-corrected chi connectivity index (χ2v) is 4.69.